The van der Waals surface area contributed by atoms with Crippen LogP contribution in [0.5, 0.6) is 0 Å². The Morgan fingerprint density at radius 3 is 3.15 bits per heavy atom. The van der Waals surface area contributed by atoms with E-state index >= 15 is 0 Å². The van der Waals surface area contributed by atoms with Crippen LogP contribution in [-0.2, 0) is 11.3 Å². The summed E-state index contributed by atoms with van der Waals surface area (Å²) in [5.41, 5.74) is 0.730. The molecule has 1 aromatic heterocycles. The molecule has 1 aromatic rings. The number of carbonyl (C=O) groups is 1. The Hall–Kier alpha value is -1.96. The van der Waals surface area contributed by atoms with E-state index in [-0.39, 0.29) is 12.5 Å². The van der Waals surface area contributed by atoms with Gasteiger partial charge < -0.3 is 10.2 Å². The van der Waals surface area contributed by atoms with E-state index in [0.29, 0.717) is 6.54 Å². The normalized spacial score (nSPS) is 8.85. The molecule has 66 valence electrons. The van der Waals surface area contributed by atoms with Crippen LogP contribution in [0.15, 0.2) is 18.6 Å². The zero-order chi connectivity index (χ0) is 9.52. The van der Waals surface area contributed by atoms with E-state index in [1.54, 1.807) is 12.3 Å². The Balaban J connectivity index is 2.36. The lowest BCUT2D eigenvalue weighted by molar-refractivity contribution is -0.119. The largest absolute Gasteiger partial charge is 0.344 e. The minimum Gasteiger partial charge on any atom is -0.344 e. The summed E-state index contributed by atoms with van der Waals surface area (Å²) in [4.78, 5) is 21.4. The number of carbonyl (C=O) groups excluding carboxylic acids is 1. The van der Waals surface area contributed by atoms with E-state index < -0.39 is 0 Å². The number of aromatic nitrogens is 2. The zero-order valence-corrected chi connectivity index (χ0v) is 6.90. The lowest BCUT2D eigenvalue weighted by Gasteiger charge is -1.99. The van der Waals surface area contributed by atoms with Crippen molar-refractivity contribution in [3.63, 3.8) is 0 Å². The summed E-state index contributed by atoms with van der Waals surface area (Å²) in [6, 6.07) is 1.71. The summed E-state index contributed by atoms with van der Waals surface area (Å²) in [5.74, 6) is -0.284. The Kier molecular flexibility index (Phi) is 3.39. The first kappa shape index (κ1) is 9.13. The van der Waals surface area contributed by atoms with Gasteiger partial charge in [0.1, 0.15) is 6.33 Å². The second-order valence-electron chi connectivity index (χ2n) is 2.29. The molecule has 0 fully saturated rings. The number of hydrogen-bond donors (Lipinski definition) is 1. The van der Waals surface area contributed by atoms with Crippen molar-refractivity contribution in [2.75, 3.05) is 6.54 Å². The van der Waals surface area contributed by atoms with Gasteiger partial charge in [-0.3, -0.25) is 4.79 Å². The smallest absolute Gasteiger partial charge is 0.300 e. The van der Waals surface area contributed by atoms with Gasteiger partial charge in [-0.2, -0.15) is 0 Å². The van der Waals surface area contributed by atoms with Gasteiger partial charge in [-0.25, -0.2) is 16.5 Å². The summed E-state index contributed by atoms with van der Waals surface area (Å²) in [5, 5.41) is 2.56. The highest BCUT2D eigenvalue weighted by molar-refractivity contribution is 5.79. The maximum atomic E-state index is 10.8. The van der Waals surface area contributed by atoms with Crippen LogP contribution >= 0.6 is 0 Å². The van der Waals surface area contributed by atoms with Gasteiger partial charge >= 0.3 is 5.91 Å². The first-order chi connectivity index (χ1) is 6.33. The lowest BCUT2D eigenvalue weighted by Crippen LogP contribution is -2.24. The van der Waals surface area contributed by atoms with Crippen molar-refractivity contribution < 1.29 is 4.79 Å². The number of nitrogens with zero attached hydrogens (tertiary/aromatic N) is 3. The summed E-state index contributed by atoms with van der Waals surface area (Å²) in [6.07, 6.45) is 3.01. The van der Waals surface area contributed by atoms with E-state index in [1.807, 2.05) is 0 Å². The molecule has 1 heterocycles. The molecule has 0 aliphatic carbocycles. The van der Waals surface area contributed by atoms with Gasteiger partial charge in [0.05, 0.1) is 12.2 Å². The molecule has 5 heteroatoms. The topological polar surface area (TPSA) is 59.2 Å². The van der Waals surface area contributed by atoms with Gasteiger partial charge in [-0.1, -0.05) is 0 Å². The minimum absolute atomic E-state index is 0.134. The van der Waals surface area contributed by atoms with Crippen LogP contribution in [0.4, 0.5) is 0 Å². The number of rotatable bonds is 3. The molecular formula is C8H8N4O. The quantitative estimate of drug-likeness (QED) is 0.660. The molecule has 1 N–H and O–H groups in total. The van der Waals surface area contributed by atoms with Crippen LogP contribution in [0.2, 0.25) is 0 Å². The predicted octanol–water partition coefficient (Wildman–Crippen LogP) is 0.0121. The van der Waals surface area contributed by atoms with Gasteiger partial charge in [0.25, 0.3) is 6.54 Å². The maximum absolute atomic E-state index is 10.8. The number of nitrogens with one attached hydrogen (secondary N) is 1. The molecule has 0 aliphatic rings. The SMILES string of the molecule is [C-]#[N+]CC(=O)NCc1ccncn1. The van der Waals surface area contributed by atoms with Crippen molar-refractivity contribution in [2.45, 2.75) is 6.54 Å². The fraction of sp³-hybridized carbons (Fsp3) is 0.250. The standard InChI is InChI=1S/C8H8N4O/c1-9-5-8(13)11-4-7-2-3-10-6-12-7/h2-3,6H,4-5H2,(H,11,13). The Bertz CT molecular complexity index is 317. The highest BCUT2D eigenvalue weighted by Crippen LogP contribution is 1.89. The van der Waals surface area contributed by atoms with Crippen LogP contribution in [0.1, 0.15) is 5.69 Å². The summed E-state index contributed by atoms with van der Waals surface area (Å²) >= 11 is 0. The van der Waals surface area contributed by atoms with Crippen LogP contribution < -0.4 is 5.32 Å². The fourth-order valence-electron chi connectivity index (χ4n) is 0.740. The third-order valence-electron chi connectivity index (χ3n) is 1.33. The average Bonchev–Trinajstić information content (AvgIpc) is 2.17. The van der Waals surface area contributed by atoms with Crippen molar-refractivity contribution in [1.82, 2.24) is 15.3 Å². The molecule has 1 rings (SSSR count). The molecular weight excluding hydrogens is 168 g/mol. The third-order valence-corrected chi connectivity index (χ3v) is 1.33. The molecule has 0 atom stereocenters. The van der Waals surface area contributed by atoms with Crippen molar-refractivity contribution in [1.29, 1.82) is 0 Å². The molecule has 0 aromatic carbocycles. The van der Waals surface area contributed by atoms with Crippen LogP contribution in [0, 0.1) is 6.57 Å². The molecule has 0 saturated heterocycles. The molecule has 0 spiro atoms. The Labute approximate surface area is 75.6 Å². The van der Waals surface area contributed by atoms with Gasteiger partial charge in [-0.15, -0.1) is 0 Å². The molecule has 0 saturated carbocycles. The van der Waals surface area contributed by atoms with Gasteiger partial charge in [0, 0.05) is 6.20 Å². The number of hydrogen-bond acceptors (Lipinski definition) is 3. The minimum atomic E-state index is -0.284. The van der Waals surface area contributed by atoms with Crippen molar-refractivity contribution in [3.05, 3.63) is 35.7 Å². The summed E-state index contributed by atoms with van der Waals surface area (Å²) in [7, 11) is 0. The monoisotopic (exact) mass is 176 g/mol. The molecule has 5 nitrogen and oxygen atoms in total. The van der Waals surface area contributed by atoms with E-state index in [4.69, 9.17) is 6.57 Å². The summed E-state index contributed by atoms with van der Waals surface area (Å²) < 4.78 is 0. The maximum Gasteiger partial charge on any atom is 0.300 e. The van der Waals surface area contributed by atoms with E-state index in [2.05, 4.69) is 20.1 Å². The Morgan fingerprint density at radius 1 is 1.69 bits per heavy atom. The van der Waals surface area contributed by atoms with Gasteiger partial charge in [0.2, 0.25) is 0 Å². The summed E-state index contributed by atoms with van der Waals surface area (Å²) in [6.45, 7) is 6.66. The highest BCUT2D eigenvalue weighted by atomic mass is 16.1. The lowest BCUT2D eigenvalue weighted by atomic mass is 10.4. The predicted molar refractivity (Wildman–Crippen MR) is 45.3 cm³/mol. The van der Waals surface area contributed by atoms with Crippen LogP contribution in [-0.4, -0.2) is 22.4 Å². The van der Waals surface area contributed by atoms with Crippen LogP contribution in [0.25, 0.3) is 4.85 Å². The van der Waals surface area contributed by atoms with E-state index in [9.17, 15) is 4.79 Å². The van der Waals surface area contributed by atoms with Gasteiger partial charge in [-0.05, 0) is 6.07 Å². The molecule has 13 heavy (non-hydrogen) atoms. The fourth-order valence-corrected chi connectivity index (χ4v) is 0.740. The third kappa shape index (κ3) is 3.29. The van der Waals surface area contributed by atoms with E-state index in [1.165, 1.54) is 6.33 Å². The average molecular weight is 176 g/mol. The van der Waals surface area contributed by atoms with Crippen molar-refractivity contribution >= 4 is 5.91 Å². The second-order valence-corrected chi connectivity index (χ2v) is 2.29. The van der Waals surface area contributed by atoms with Crippen LogP contribution in [0.3, 0.4) is 0 Å². The zero-order valence-electron chi connectivity index (χ0n) is 6.90. The van der Waals surface area contributed by atoms with Crippen molar-refractivity contribution in [3.8, 4) is 0 Å². The molecule has 1 amide bonds. The van der Waals surface area contributed by atoms with Crippen molar-refractivity contribution in [2.24, 2.45) is 0 Å². The molecule has 0 aliphatic heterocycles. The van der Waals surface area contributed by atoms with E-state index in [0.717, 1.165) is 5.69 Å². The highest BCUT2D eigenvalue weighted by Gasteiger charge is 2.02. The Morgan fingerprint density at radius 2 is 2.54 bits per heavy atom. The first-order valence-electron chi connectivity index (χ1n) is 3.67. The number of amides is 1. The first-order valence-corrected chi connectivity index (χ1v) is 3.67. The molecule has 0 radical (unpaired) electrons. The molecule has 0 unspecified atom stereocenters. The second kappa shape index (κ2) is 4.83. The molecule has 0 bridgehead atoms. The van der Waals surface area contributed by atoms with Gasteiger partial charge in [0.15, 0.2) is 0 Å².